The van der Waals surface area contributed by atoms with Gasteiger partial charge in [0.25, 0.3) is 0 Å². The topological polar surface area (TPSA) is 56.1 Å². The summed E-state index contributed by atoms with van der Waals surface area (Å²) in [4.78, 5) is 13.5. The monoisotopic (exact) mass is 557 g/mol. The number of nitrogens with one attached hydrogen (secondary N) is 1. The molecule has 7 heteroatoms. The van der Waals surface area contributed by atoms with Gasteiger partial charge in [-0.05, 0) is 87.7 Å². The van der Waals surface area contributed by atoms with Crippen molar-refractivity contribution in [2.75, 3.05) is 13.1 Å². The molecular weight excluding hydrogens is 517 g/mol. The summed E-state index contributed by atoms with van der Waals surface area (Å²) >= 11 is 13.2. The molecule has 2 aromatic rings. The van der Waals surface area contributed by atoms with Crippen LogP contribution in [0, 0.1) is 11.3 Å². The molecule has 2 atom stereocenters. The number of carbonyl (C=O) groups excluding carboxylic acids is 1. The molecule has 206 valence electrons. The SMILES string of the molecule is CCCCCCC(CC)C(=O)OC1C(=Cc2c(C3CC3)cnn2-c2c(Cl)cccc2Cl)CC12CCNCC2. The number of aromatic nitrogens is 2. The summed E-state index contributed by atoms with van der Waals surface area (Å²) in [6.45, 7) is 6.26. The normalized spacial score (nSPS) is 22.4. The molecule has 1 saturated heterocycles. The number of rotatable bonds is 11. The zero-order valence-corrected chi connectivity index (χ0v) is 24.3. The minimum atomic E-state index is -0.182. The van der Waals surface area contributed by atoms with Crippen LogP contribution < -0.4 is 5.32 Å². The van der Waals surface area contributed by atoms with E-state index in [1.165, 1.54) is 43.2 Å². The molecule has 0 bridgehead atoms. The first-order valence-electron chi connectivity index (χ1n) is 14.6. The number of piperidine rings is 1. The van der Waals surface area contributed by atoms with Crippen molar-refractivity contribution in [3.8, 4) is 5.69 Å². The lowest BCUT2D eigenvalue weighted by Gasteiger charge is -2.53. The molecule has 5 rings (SSSR count). The van der Waals surface area contributed by atoms with Gasteiger partial charge in [0.05, 0.1) is 27.9 Å². The highest BCUT2D eigenvalue weighted by Crippen LogP contribution is 2.55. The molecule has 0 radical (unpaired) electrons. The lowest BCUT2D eigenvalue weighted by molar-refractivity contribution is -0.166. The fourth-order valence-corrected chi connectivity index (χ4v) is 6.89. The van der Waals surface area contributed by atoms with Crippen molar-refractivity contribution in [1.82, 2.24) is 15.1 Å². The molecule has 1 spiro atoms. The lowest BCUT2D eigenvalue weighted by atomic mass is 9.58. The number of ether oxygens (including phenoxy) is 1. The molecule has 1 aromatic carbocycles. The van der Waals surface area contributed by atoms with Crippen molar-refractivity contribution in [1.29, 1.82) is 0 Å². The molecule has 2 saturated carbocycles. The van der Waals surface area contributed by atoms with Crippen molar-refractivity contribution < 1.29 is 9.53 Å². The summed E-state index contributed by atoms with van der Waals surface area (Å²) in [6, 6.07) is 5.55. The van der Waals surface area contributed by atoms with E-state index in [9.17, 15) is 4.79 Å². The average molecular weight is 559 g/mol. The van der Waals surface area contributed by atoms with Gasteiger partial charge in [0, 0.05) is 11.0 Å². The third-order valence-electron chi connectivity index (χ3n) is 8.84. The highest BCUT2D eigenvalue weighted by molar-refractivity contribution is 6.37. The van der Waals surface area contributed by atoms with Gasteiger partial charge in [-0.25, -0.2) is 4.68 Å². The molecule has 2 aliphatic carbocycles. The first-order valence-corrected chi connectivity index (χ1v) is 15.4. The number of carbonyl (C=O) groups is 1. The van der Waals surface area contributed by atoms with E-state index < -0.39 is 0 Å². The van der Waals surface area contributed by atoms with E-state index in [2.05, 4.69) is 25.2 Å². The lowest BCUT2D eigenvalue weighted by Crippen LogP contribution is -2.55. The molecule has 38 heavy (non-hydrogen) atoms. The number of unbranched alkanes of at least 4 members (excludes halogenated alkanes) is 3. The Morgan fingerprint density at radius 3 is 2.58 bits per heavy atom. The minimum absolute atomic E-state index is 0.0254. The van der Waals surface area contributed by atoms with Crippen molar-refractivity contribution in [2.45, 2.75) is 96.5 Å². The second-order valence-corrected chi connectivity index (χ2v) is 12.3. The van der Waals surface area contributed by atoms with Gasteiger partial charge in [0.15, 0.2) is 0 Å². The Balaban J connectivity index is 1.45. The summed E-state index contributed by atoms with van der Waals surface area (Å²) < 4.78 is 8.33. The fraction of sp³-hybridized carbons (Fsp3) is 0.613. The van der Waals surface area contributed by atoms with E-state index in [0.29, 0.717) is 21.7 Å². The smallest absolute Gasteiger partial charge is 0.309 e. The Bertz CT molecular complexity index is 1140. The number of benzene rings is 1. The maximum atomic E-state index is 13.5. The number of para-hydroxylation sites is 1. The molecular formula is C31H41Cl2N3O2. The maximum absolute atomic E-state index is 13.5. The standard InChI is InChI=1S/C31H41Cl2N3O2/c1-3-5-6-7-9-21(4-2)30(37)38-29-23(19-31(29)14-16-34-17-15-31)18-27-24(22-12-13-22)20-35-36(27)28-25(32)10-8-11-26(28)33/h8,10-11,18,20-22,29,34H,3-7,9,12-17,19H2,1-2H3. The first-order chi connectivity index (χ1) is 18.5. The fourth-order valence-electron chi connectivity index (χ4n) is 6.33. The number of nitrogens with zero attached hydrogens (tertiary/aromatic N) is 2. The summed E-state index contributed by atoms with van der Waals surface area (Å²) in [7, 11) is 0. The summed E-state index contributed by atoms with van der Waals surface area (Å²) in [5.74, 6) is 0.461. The van der Waals surface area contributed by atoms with Crippen molar-refractivity contribution >= 4 is 35.2 Å². The Labute approximate surface area is 237 Å². The van der Waals surface area contributed by atoms with Crippen LogP contribution in [-0.2, 0) is 9.53 Å². The molecule has 1 aliphatic heterocycles. The van der Waals surface area contributed by atoms with Gasteiger partial charge >= 0.3 is 5.97 Å². The molecule has 3 fully saturated rings. The highest BCUT2D eigenvalue weighted by Gasteiger charge is 2.53. The van der Waals surface area contributed by atoms with E-state index in [4.69, 9.17) is 33.0 Å². The van der Waals surface area contributed by atoms with Crippen molar-refractivity contribution in [3.05, 3.63) is 51.3 Å². The van der Waals surface area contributed by atoms with Crippen LogP contribution in [0.15, 0.2) is 30.0 Å². The number of hydrogen-bond acceptors (Lipinski definition) is 4. The molecule has 1 aromatic heterocycles. The van der Waals surface area contributed by atoms with Crippen molar-refractivity contribution in [3.63, 3.8) is 0 Å². The summed E-state index contributed by atoms with van der Waals surface area (Å²) in [5, 5.41) is 9.38. The summed E-state index contributed by atoms with van der Waals surface area (Å²) in [5.41, 5.74) is 4.17. The van der Waals surface area contributed by atoms with Crippen LogP contribution in [0.2, 0.25) is 10.0 Å². The first kappa shape index (κ1) is 27.7. The van der Waals surface area contributed by atoms with Gasteiger partial charge < -0.3 is 10.1 Å². The number of hydrogen-bond donors (Lipinski definition) is 1. The van der Waals surface area contributed by atoms with Gasteiger partial charge in [-0.1, -0.05) is 68.8 Å². The van der Waals surface area contributed by atoms with Crippen LogP contribution in [0.5, 0.6) is 0 Å². The van der Waals surface area contributed by atoms with Gasteiger partial charge in [0.2, 0.25) is 0 Å². The number of halogens is 2. The van der Waals surface area contributed by atoms with Crippen LogP contribution in [0.4, 0.5) is 0 Å². The zero-order chi connectivity index (χ0) is 26.7. The minimum Gasteiger partial charge on any atom is -0.457 e. The van der Waals surface area contributed by atoms with E-state index in [0.717, 1.165) is 57.3 Å². The summed E-state index contributed by atoms with van der Waals surface area (Å²) in [6.07, 6.45) is 15.8. The predicted molar refractivity (Wildman–Crippen MR) is 155 cm³/mol. The van der Waals surface area contributed by atoms with Gasteiger partial charge in [0.1, 0.15) is 11.8 Å². The van der Waals surface area contributed by atoms with E-state index >= 15 is 0 Å². The Hall–Kier alpha value is -1.82. The van der Waals surface area contributed by atoms with E-state index in [1.807, 2.05) is 29.1 Å². The van der Waals surface area contributed by atoms with Crippen molar-refractivity contribution in [2.24, 2.45) is 11.3 Å². The molecule has 5 nitrogen and oxygen atoms in total. The van der Waals surface area contributed by atoms with Crippen LogP contribution in [0.3, 0.4) is 0 Å². The molecule has 1 N–H and O–H groups in total. The second kappa shape index (κ2) is 12.1. The highest BCUT2D eigenvalue weighted by atomic mass is 35.5. The van der Waals surface area contributed by atoms with E-state index in [1.54, 1.807) is 0 Å². The predicted octanol–water partition coefficient (Wildman–Crippen LogP) is 8.12. The van der Waals surface area contributed by atoms with Crippen LogP contribution in [0.1, 0.15) is 102 Å². The van der Waals surface area contributed by atoms with Crippen LogP contribution >= 0.6 is 23.2 Å². The Kier molecular flexibility index (Phi) is 8.86. The molecule has 3 aliphatic rings. The van der Waals surface area contributed by atoms with E-state index in [-0.39, 0.29) is 23.4 Å². The van der Waals surface area contributed by atoms with Gasteiger partial charge in [-0.3, -0.25) is 4.79 Å². The van der Waals surface area contributed by atoms with Crippen LogP contribution in [0.25, 0.3) is 11.8 Å². The van der Waals surface area contributed by atoms with Gasteiger partial charge in [-0.2, -0.15) is 5.10 Å². The van der Waals surface area contributed by atoms with Crippen LogP contribution in [-0.4, -0.2) is 34.9 Å². The Morgan fingerprint density at radius 2 is 1.92 bits per heavy atom. The molecule has 2 unspecified atom stereocenters. The quantitative estimate of drug-likeness (QED) is 0.224. The third kappa shape index (κ3) is 5.71. The largest absolute Gasteiger partial charge is 0.457 e. The maximum Gasteiger partial charge on any atom is 0.309 e. The Morgan fingerprint density at radius 1 is 1.18 bits per heavy atom. The average Bonchev–Trinajstić information content (AvgIpc) is 3.68. The molecule has 0 amide bonds. The third-order valence-corrected chi connectivity index (χ3v) is 9.45. The van der Waals surface area contributed by atoms with Gasteiger partial charge in [-0.15, -0.1) is 0 Å². The number of esters is 1. The molecule has 2 heterocycles. The zero-order valence-electron chi connectivity index (χ0n) is 22.8. The second-order valence-electron chi connectivity index (χ2n) is 11.5.